The summed E-state index contributed by atoms with van der Waals surface area (Å²) in [5.74, 6) is -12.8. The minimum atomic E-state index is -6.43. The van der Waals surface area contributed by atoms with E-state index >= 15 is 0 Å². The van der Waals surface area contributed by atoms with Gasteiger partial charge in [0, 0.05) is 0 Å². The standard InChI is InChI=1S/C18H29F7O2/c1-12(2)7-5-8-13(3)9-6-10-14(4)15(26)27-11-16(19,20)17(21,22)18(23,24)25/h12-14H,5-11H2,1-4H3. The molecule has 0 aromatic heterocycles. The second-order valence-electron chi connectivity index (χ2n) is 7.65. The van der Waals surface area contributed by atoms with E-state index in [1.54, 1.807) is 0 Å². The maximum Gasteiger partial charge on any atom is 0.460 e. The summed E-state index contributed by atoms with van der Waals surface area (Å²) >= 11 is 0. The first-order chi connectivity index (χ1) is 12.1. The molecule has 0 aliphatic carbocycles. The van der Waals surface area contributed by atoms with E-state index in [2.05, 4.69) is 25.5 Å². The highest BCUT2D eigenvalue weighted by molar-refractivity contribution is 5.71. The lowest BCUT2D eigenvalue weighted by Crippen LogP contribution is -2.54. The van der Waals surface area contributed by atoms with Gasteiger partial charge in [-0.15, -0.1) is 0 Å². The van der Waals surface area contributed by atoms with E-state index < -0.39 is 36.5 Å². The van der Waals surface area contributed by atoms with E-state index in [-0.39, 0.29) is 6.42 Å². The molecule has 0 saturated heterocycles. The van der Waals surface area contributed by atoms with Gasteiger partial charge in [0.05, 0.1) is 5.92 Å². The molecule has 2 nitrogen and oxygen atoms in total. The molecule has 0 aliphatic heterocycles. The van der Waals surface area contributed by atoms with Crippen LogP contribution >= 0.6 is 0 Å². The van der Waals surface area contributed by atoms with Crippen LogP contribution in [-0.4, -0.2) is 30.6 Å². The molecule has 0 N–H and O–H groups in total. The number of carbonyl (C=O) groups is 1. The number of ether oxygens (including phenoxy) is 1. The predicted octanol–water partition coefficient (Wildman–Crippen LogP) is 6.63. The van der Waals surface area contributed by atoms with Crippen LogP contribution in [0, 0.1) is 17.8 Å². The van der Waals surface area contributed by atoms with E-state index in [1.165, 1.54) is 6.92 Å². The van der Waals surface area contributed by atoms with Gasteiger partial charge in [-0.2, -0.15) is 30.7 Å². The smallest absolute Gasteiger partial charge is 0.459 e. The SMILES string of the molecule is CC(C)CCCC(C)CCCC(C)C(=O)OCC(F)(F)C(F)(F)C(F)(F)F. The highest BCUT2D eigenvalue weighted by atomic mass is 19.4. The van der Waals surface area contributed by atoms with Gasteiger partial charge >= 0.3 is 24.0 Å². The van der Waals surface area contributed by atoms with Gasteiger partial charge in [-0.3, -0.25) is 4.79 Å². The minimum Gasteiger partial charge on any atom is -0.459 e. The van der Waals surface area contributed by atoms with Crippen molar-refractivity contribution in [2.45, 2.75) is 84.2 Å². The molecule has 27 heavy (non-hydrogen) atoms. The number of hydrogen-bond acceptors (Lipinski definition) is 2. The number of hydrogen-bond donors (Lipinski definition) is 0. The third kappa shape index (κ3) is 8.68. The van der Waals surface area contributed by atoms with E-state index in [1.807, 2.05) is 0 Å². The van der Waals surface area contributed by atoms with Crippen molar-refractivity contribution in [3.63, 3.8) is 0 Å². The molecule has 0 spiro atoms. The molecule has 2 atom stereocenters. The van der Waals surface area contributed by atoms with Crippen molar-refractivity contribution >= 4 is 5.97 Å². The Kier molecular flexibility index (Phi) is 10.1. The van der Waals surface area contributed by atoms with Gasteiger partial charge in [0.15, 0.2) is 6.61 Å². The van der Waals surface area contributed by atoms with E-state index in [9.17, 15) is 35.5 Å². The molecule has 162 valence electrons. The lowest BCUT2D eigenvalue weighted by molar-refractivity contribution is -0.360. The maximum absolute atomic E-state index is 13.1. The first-order valence-corrected chi connectivity index (χ1v) is 9.10. The molecular formula is C18H29F7O2. The summed E-state index contributed by atoms with van der Waals surface area (Å²) in [7, 11) is 0. The van der Waals surface area contributed by atoms with Crippen molar-refractivity contribution in [1.82, 2.24) is 0 Å². The zero-order chi connectivity index (χ0) is 21.5. The lowest BCUT2D eigenvalue weighted by atomic mass is 9.93. The third-order valence-electron chi connectivity index (χ3n) is 4.43. The fraction of sp³-hybridized carbons (Fsp3) is 0.944. The Bertz CT molecular complexity index is 447. The van der Waals surface area contributed by atoms with Gasteiger partial charge in [-0.05, 0) is 18.3 Å². The highest BCUT2D eigenvalue weighted by Crippen LogP contribution is 2.46. The van der Waals surface area contributed by atoms with Gasteiger partial charge in [-0.1, -0.05) is 59.8 Å². The van der Waals surface area contributed by atoms with Crippen molar-refractivity contribution < 1.29 is 40.3 Å². The molecule has 0 bridgehead atoms. The van der Waals surface area contributed by atoms with E-state index in [4.69, 9.17) is 0 Å². The Hall–Kier alpha value is -1.02. The molecule has 0 rings (SSSR count). The Balaban J connectivity index is 4.29. The predicted molar refractivity (Wildman–Crippen MR) is 87.8 cm³/mol. The van der Waals surface area contributed by atoms with Crippen LogP contribution in [0.1, 0.15) is 66.2 Å². The fourth-order valence-electron chi connectivity index (χ4n) is 2.51. The van der Waals surface area contributed by atoms with Gasteiger partial charge in [0.2, 0.25) is 0 Å². The summed E-state index contributed by atoms with van der Waals surface area (Å²) in [6.07, 6.45) is -1.51. The Labute approximate surface area is 155 Å². The van der Waals surface area contributed by atoms with Crippen LogP contribution < -0.4 is 0 Å². The average Bonchev–Trinajstić information content (AvgIpc) is 2.50. The molecule has 0 radical (unpaired) electrons. The van der Waals surface area contributed by atoms with Crippen LogP contribution in [0.25, 0.3) is 0 Å². The first-order valence-electron chi connectivity index (χ1n) is 9.10. The molecule has 0 aromatic carbocycles. The van der Waals surface area contributed by atoms with Gasteiger partial charge in [0.25, 0.3) is 0 Å². The van der Waals surface area contributed by atoms with Gasteiger partial charge in [0.1, 0.15) is 0 Å². The second-order valence-corrected chi connectivity index (χ2v) is 7.65. The Morgan fingerprint density at radius 2 is 1.30 bits per heavy atom. The molecule has 2 unspecified atom stereocenters. The molecule has 0 amide bonds. The summed E-state index contributed by atoms with van der Waals surface area (Å²) < 4.78 is 91.8. The van der Waals surface area contributed by atoms with Crippen LogP contribution in [0.3, 0.4) is 0 Å². The van der Waals surface area contributed by atoms with Crippen molar-refractivity contribution in [3.05, 3.63) is 0 Å². The average molecular weight is 410 g/mol. The quantitative estimate of drug-likeness (QED) is 0.267. The Morgan fingerprint density at radius 3 is 1.74 bits per heavy atom. The van der Waals surface area contributed by atoms with Gasteiger partial charge < -0.3 is 4.74 Å². The molecule has 0 fully saturated rings. The maximum atomic E-state index is 13.1. The molecular weight excluding hydrogens is 381 g/mol. The molecule has 0 heterocycles. The van der Waals surface area contributed by atoms with Crippen molar-refractivity contribution in [1.29, 1.82) is 0 Å². The summed E-state index contributed by atoms with van der Waals surface area (Å²) in [5, 5.41) is 0. The third-order valence-corrected chi connectivity index (χ3v) is 4.43. The van der Waals surface area contributed by atoms with Crippen molar-refractivity contribution in [2.24, 2.45) is 17.8 Å². The molecule has 9 heteroatoms. The van der Waals surface area contributed by atoms with Crippen LogP contribution in [-0.2, 0) is 9.53 Å². The zero-order valence-corrected chi connectivity index (χ0v) is 16.1. The molecule has 0 saturated carbocycles. The topological polar surface area (TPSA) is 26.3 Å². The molecule has 0 aliphatic rings. The van der Waals surface area contributed by atoms with Gasteiger partial charge in [-0.25, -0.2) is 0 Å². The monoisotopic (exact) mass is 410 g/mol. The van der Waals surface area contributed by atoms with Crippen LogP contribution in [0.2, 0.25) is 0 Å². The summed E-state index contributed by atoms with van der Waals surface area (Å²) in [6, 6.07) is 0. The number of rotatable bonds is 12. The highest BCUT2D eigenvalue weighted by Gasteiger charge is 2.73. The largest absolute Gasteiger partial charge is 0.460 e. The lowest BCUT2D eigenvalue weighted by Gasteiger charge is -2.28. The first kappa shape index (κ1) is 26.0. The van der Waals surface area contributed by atoms with E-state index in [0.717, 1.165) is 25.7 Å². The normalized spacial score (nSPS) is 15.7. The van der Waals surface area contributed by atoms with Crippen molar-refractivity contribution in [3.8, 4) is 0 Å². The van der Waals surface area contributed by atoms with Crippen LogP contribution in [0.4, 0.5) is 30.7 Å². The molecule has 0 aromatic rings. The second kappa shape index (κ2) is 10.5. The summed E-state index contributed by atoms with van der Waals surface area (Å²) in [4.78, 5) is 11.6. The fourth-order valence-corrected chi connectivity index (χ4v) is 2.51. The number of halogens is 7. The summed E-state index contributed by atoms with van der Waals surface area (Å²) in [5.41, 5.74) is 0. The van der Waals surface area contributed by atoms with Crippen molar-refractivity contribution in [2.75, 3.05) is 6.61 Å². The summed E-state index contributed by atoms with van der Waals surface area (Å²) in [6.45, 7) is 5.38. The number of esters is 1. The number of alkyl halides is 7. The Morgan fingerprint density at radius 1 is 0.815 bits per heavy atom. The van der Waals surface area contributed by atoms with E-state index in [0.29, 0.717) is 18.3 Å². The minimum absolute atomic E-state index is 0.286. The zero-order valence-electron chi connectivity index (χ0n) is 16.1. The van der Waals surface area contributed by atoms with Crippen LogP contribution in [0.5, 0.6) is 0 Å². The van der Waals surface area contributed by atoms with Crippen LogP contribution in [0.15, 0.2) is 0 Å². The number of carbonyl (C=O) groups excluding carboxylic acids is 1.